The predicted molar refractivity (Wildman–Crippen MR) is 98.7 cm³/mol. The van der Waals surface area contributed by atoms with Gasteiger partial charge in [0, 0.05) is 13.1 Å². The van der Waals surface area contributed by atoms with Crippen molar-refractivity contribution in [3.63, 3.8) is 0 Å². The molecule has 26 heavy (non-hydrogen) atoms. The summed E-state index contributed by atoms with van der Waals surface area (Å²) in [6.07, 6.45) is 1.75. The van der Waals surface area contributed by atoms with Crippen LogP contribution < -0.4 is 4.31 Å². The quantitative estimate of drug-likeness (QED) is 0.824. The normalized spacial score (nSPS) is 15.3. The van der Waals surface area contributed by atoms with Crippen molar-refractivity contribution < 1.29 is 17.6 Å². The number of fused-ring (bicyclic) bond motifs is 1. The number of rotatable bonds is 4. The Labute approximate surface area is 153 Å². The fourth-order valence-electron chi connectivity index (χ4n) is 3.36. The number of carbonyl (C=O) groups excluding carboxylic acids is 1. The lowest BCUT2D eigenvalue weighted by Gasteiger charge is -2.35. The summed E-state index contributed by atoms with van der Waals surface area (Å²) in [6.45, 7) is 2.51. The molecule has 1 aliphatic rings. The van der Waals surface area contributed by atoms with Gasteiger partial charge >= 0.3 is 0 Å². The summed E-state index contributed by atoms with van der Waals surface area (Å²) < 4.78 is 39.2. The fourth-order valence-corrected chi connectivity index (χ4v) is 4.52. The van der Waals surface area contributed by atoms with Gasteiger partial charge in [-0.15, -0.1) is 0 Å². The van der Waals surface area contributed by atoms with Crippen LogP contribution in [0.2, 0.25) is 0 Å². The Morgan fingerprint density at radius 1 is 1.15 bits per heavy atom. The first kappa shape index (κ1) is 18.4. The smallest absolute Gasteiger partial charge is 0.246 e. The van der Waals surface area contributed by atoms with Crippen LogP contribution in [0.4, 0.5) is 10.1 Å². The first-order chi connectivity index (χ1) is 12.3. The molecule has 0 spiro atoms. The van der Waals surface area contributed by atoms with Crippen molar-refractivity contribution in [3.8, 4) is 0 Å². The monoisotopic (exact) mass is 376 g/mol. The molecule has 0 unspecified atom stereocenters. The number of nitrogens with zero attached hydrogens (tertiary/aromatic N) is 2. The van der Waals surface area contributed by atoms with Gasteiger partial charge in [0.15, 0.2) is 0 Å². The lowest BCUT2D eigenvalue weighted by Crippen LogP contribution is -2.50. The number of carbonyl (C=O) groups is 1. The molecule has 3 rings (SSSR count). The summed E-state index contributed by atoms with van der Waals surface area (Å²) in [4.78, 5) is 14.6. The molecule has 138 valence electrons. The molecule has 0 radical (unpaired) electrons. The Morgan fingerprint density at radius 3 is 2.50 bits per heavy atom. The number of halogens is 1. The third-order valence-electron chi connectivity index (χ3n) is 4.57. The first-order valence-electron chi connectivity index (χ1n) is 8.38. The lowest BCUT2D eigenvalue weighted by atomic mass is 9.99. The summed E-state index contributed by atoms with van der Waals surface area (Å²) in [7, 11) is -3.76. The lowest BCUT2D eigenvalue weighted by molar-refractivity contribution is -0.132. The van der Waals surface area contributed by atoms with E-state index in [-0.39, 0.29) is 11.6 Å². The molecule has 0 saturated heterocycles. The van der Waals surface area contributed by atoms with Crippen molar-refractivity contribution in [2.75, 3.05) is 17.1 Å². The zero-order valence-corrected chi connectivity index (χ0v) is 15.5. The molecule has 0 saturated carbocycles. The molecule has 2 aromatic rings. The van der Waals surface area contributed by atoms with Gasteiger partial charge in [-0.05, 0) is 42.7 Å². The van der Waals surface area contributed by atoms with Gasteiger partial charge in [0.25, 0.3) is 0 Å². The van der Waals surface area contributed by atoms with Crippen molar-refractivity contribution >= 4 is 21.6 Å². The van der Waals surface area contributed by atoms with Crippen molar-refractivity contribution in [2.24, 2.45) is 0 Å². The van der Waals surface area contributed by atoms with Crippen LogP contribution in [0.1, 0.15) is 18.1 Å². The predicted octanol–water partition coefficient (Wildman–Crippen LogP) is 2.57. The number of hydrogen-bond donors (Lipinski definition) is 0. The fraction of sp³-hybridized carbons (Fsp3) is 0.316. The topological polar surface area (TPSA) is 57.7 Å². The Bertz CT molecular complexity index is 930. The van der Waals surface area contributed by atoms with Gasteiger partial charge in [-0.25, -0.2) is 12.8 Å². The van der Waals surface area contributed by atoms with Crippen LogP contribution in [0.5, 0.6) is 0 Å². The van der Waals surface area contributed by atoms with Crippen LogP contribution >= 0.6 is 0 Å². The van der Waals surface area contributed by atoms with Gasteiger partial charge in [-0.3, -0.25) is 9.10 Å². The van der Waals surface area contributed by atoms with Gasteiger partial charge in [0.05, 0.1) is 11.9 Å². The molecule has 7 heteroatoms. The molecule has 0 fully saturated rings. The molecule has 0 aromatic heterocycles. The maximum atomic E-state index is 13.6. The van der Waals surface area contributed by atoms with Gasteiger partial charge in [0.1, 0.15) is 11.9 Å². The molecular formula is C19H21FN2O3S. The van der Waals surface area contributed by atoms with Gasteiger partial charge < -0.3 is 4.90 Å². The number of anilines is 1. The highest BCUT2D eigenvalue weighted by molar-refractivity contribution is 7.92. The van der Waals surface area contributed by atoms with Crippen LogP contribution in [-0.4, -0.2) is 38.1 Å². The van der Waals surface area contributed by atoms with E-state index in [1.165, 1.54) is 30.7 Å². The van der Waals surface area contributed by atoms with Crippen LogP contribution in [0.15, 0.2) is 48.5 Å². The molecule has 1 amide bonds. The summed E-state index contributed by atoms with van der Waals surface area (Å²) in [6, 6.07) is 12.2. The van der Waals surface area contributed by atoms with Gasteiger partial charge in [0.2, 0.25) is 15.9 Å². The summed E-state index contributed by atoms with van der Waals surface area (Å²) in [5.41, 5.74) is 2.41. The van der Waals surface area contributed by atoms with Gasteiger partial charge in [-0.2, -0.15) is 0 Å². The van der Waals surface area contributed by atoms with Crippen molar-refractivity contribution in [3.05, 3.63) is 65.5 Å². The maximum Gasteiger partial charge on any atom is 0.246 e. The highest BCUT2D eigenvalue weighted by Crippen LogP contribution is 2.25. The zero-order valence-electron chi connectivity index (χ0n) is 14.7. The van der Waals surface area contributed by atoms with E-state index in [9.17, 15) is 17.6 Å². The van der Waals surface area contributed by atoms with Crippen LogP contribution in [-0.2, 0) is 27.8 Å². The Balaban J connectivity index is 1.88. The van der Waals surface area contributed by atoms with E-state index in [1.807, 2.05) is 24.3 Å². The second-order valence-corrected chi connectivity index (χ2v) is 8.35. The van der Waals surface area contributed by atoms with E-state index in [0.717, 1.165) is 28.6 Å². The number of sulfonamides is 1. The summed E-state index contributed by atoms with van der Waals surface area (Å²) in [5.74, 6) is -0.850. The zero-order chi connectivity index (χ0) is 18.9. The molecular weight excluding hydrogens is 355 g/mol. The summed E-state index contributed by atoms with van der Waals surface area (Å²) in [5, 5.41) is 0. The molecule has 0 N–H and O–H groups in total. The largest absolute Gasteiger partial charge is 0.336 e. The minimum Gasteiger partial charge on any atom is -0.336 e. The number of amides is 1. The Hall–Kier alpha value is -2.41. The third-order valence-corrected chi connectivity index (χ3v) is 5.81. The summed E-state index contributed by atoms with van der Waals surface area (Å²) >= 11 is 0. The van der Waals surface area contributed by atoms with Crippen molar-refractivity contribution in [2.45, 2.75) is 25.9 Å². The highest BCUT2D eigenvalue weighted by atomic mass is 32.2. The average molecular weight is 376 g/mol. The Kier molecular flexibility index (Phi) is 5.00. The van der Waals surface area contributed by atoms with E-state index in [2.05, 4.69) is 0 Å². The van der Waals surface area contributed by atoms with E-state index in [4.69, 9.17) is 0 Å². The van der Waals surface area contributed by atoms with Crippen LogP contribution in [0.25, 0.3) is 0 Å². The third kappa shape index (κ3) is 3.72. The second kappa shape index (κ2) is 7.07. The van der Waals surface area contributed by atoms with E-state index >= 15 is 0 Å². The SMILES string of the molecule is C[C@H](C(=O)N1CCc2ccccc2C1)N(c1cccc(F)c1)S(C)(=O)=O. The van der Waals surface area contributed by atoms with Crippen molar-refractivity contribution in [1.82, 2.24) is 4.90 Å². The van der Waals surface area contributed by atoms with E-state index < -0.39 is 21.9 Å². The molecule has 1 heterocycles. The molecule has 0 aliphatic carbocycles. The van der Waals surface area contributed by atoms with Crippen LogP contribution in [0, 0.1) is 5.82 Å². The Morgan fingerprint density at radius 2 is 1.85 bits per heavy atom. The molecule has 1 atom stereocenters. The maximum absolute atomic E-state index is 13.6. The molecule has 5 nitrogen and oxygen atoms in total. The number of benzene rings is 2. The molecule has 0 bridgehead atoms. The van der Waals surface area contributed by atoms with E-state index in [1.54, 1.807) is 4.90 Å². The van der Waals surface area contributed by atoms with Gasteiger partial charge in [-0.1, -0.05) is 30.3 Å². The minimum atomic E-state index is -3.76. The average Bonchev–Trinajstić information content (AvgIpc) is 2.59. The second-order valence-electron chi connectivity index (χ2n) is 6.49. The van der Waals surface area contributed by atoms with Crippen molar-refractivity contribution in [1.29, 1.82) is 0 Å². The number of hydrogen-bond acceptors (Lipinski definition) is 3. The minimum absolute atomic E-state index is 0.144. The van der Waals surface area contributed by atoms with Crippen LogP contribution in [0.3, 0.4) is 0 Å². The highest BCUT2D eigenvalue weighted by Gasteiger charge is 2.33. The standard InChI is InChI=1S/C19H21FN2O3S/c1-14(22(26(2,24)25)18-9-5-8-17(20)12-18)19(23)21-11-10-15-6-3-4-7-16(15)13-21/h3-9,12,14H,10-11,13H2,1-2H3/t14-/m1/s1. The molecule has 1 aliphatic heterocycles. The first-order valence-corrected chi connectivity index (χ1v) is 10.2. The van der Waals surface area contributed by atoms with E-state index in [0.29, 0.717) is 13.1 Å². The molecule has 2 aromatic carbocycles.